The lowest BCUT2D eigenvalue weighted by Crippen LogP contribution is -2.74. The van der Waals surface area contributed by atoms with Crippen molar-refractivity contribution in [3.05, 3.63) is 117 Å². The monoisotopic (exact) mass is 520 g/mol. The Morgan fingerprint density at radius 3 is 0.931 bits per heavy atom. The van der Waals surface area contributed by atoms with E-state index in [0.29, 0.717) is 0 Å². The largest absolute Gasteiger partial charge is 0.179 e. The number of hydrogen-bond acceptors (Lipinski definition) is 0. The highest BCUT2D eigenvalue weighted by atomic mass is 79.9. The Labute approximate surface area is 190 Å². The molecular formula is C26H22Br2Si. The molecule has 4 rings (SSSR count). The lowest BCUT2D eigenvalue weighted by atomic mass is 10.2. The Hall–Kier alpha value is -1.94. The Morgan fingerprint density at radius 1 is 0.414 bits per heavy atom. The molecule has 0 heterocycles. The van der Waals surface area contributed by atoms with Crippen molar-refractivity contribution in [2.75, 3.05) is 0 Å². The highest BCUT2D eigenvalue weighted by molar-refractivity contribution is 9.10. The third-order valence-corrected chi connectivity index (χ3v) is 11.4. The molecule has 4 aromatic carbocycles. The quantitative estimate of drug-likeness (QED) is 0.255. The second-order valence-corrected chi connectivity index (χ2v) is 13.1. The van der Waals surface area contributed by atoms with Crippen LogP contribution in [0.5, 0.6) is 0 Å². The third kappa shape index (κ3) is 3.92. The topological polar surface area (TPSA) is 0 Å². The van der Waals surface area contributed by atoms with E-state index in [1.165, 1.54) is 31.9 Å². The van der Waals surface area contributed by atoms with Crippen LogP contribution in [0.1, 0.15) is 11.1 Å². The predicted octanol–water partition coefficient (Wildman–Crippen LogP) is 5.21. The van der Waals surface area contributed by atoms with Crippen LogP contribution in [0.15, 0.2) is 106 Å². The Balaban J connectivity index is 2.11. The maximum absolute atomic E-state index is 3.62. The summed E-state index contributed by atoms with van der Waals surface area (Å²) in [6.45, 7) is 4.30. The van der Waals surface area contributed by atoms with Crippen LogP contribution in [0.4, 0.5) is 0 Å². The summed E-state index contributed by atoms with van der Waals surface area (Å²) in [5, 5.41) is 5.57. The molecule has 0 aliphatic heterocycles. The number of halogens is 2. The number of aryl methyl sites for hydroxylation is 2. The molecule has 0 amide bonds. The summed E-state index contributed by atoms with van der Waals surface area (Å²) in [6, 6.07) is 36.1. The lowest BCUT2D eigenvalue weighted by Gasteiger charge is -2.34. The second-order valence-electron chi connectivity index (χ2n) is 7.50. The van der Waals surface area contributed by atoms with Gasteiger partial charge in [0.1, 0.15) is 0 Å². The second kappa shape index (κ2) is 8.43. The molecule has 0 aliphatic rings. The van der Waals surface area contributed by atoms with E-state index >= 15 is 0 Å². The van der Waals surface area contributed by atoms with Crippen molar-refractivity contribution in [1.29, 1.82) is 0 Å². The highest BCUT2D eigenvalue weighted by Gasteiger charge is 2.41. The summed E-state index contributed by atoms with van der Waals surface area (Å²) in [5.74, 6) is 0. The average molecular weight is 522 g/mol. The molecule has 0 fully saturated rings. The molecule has 0 atom stereocenters. The fourth-order valence-electron chi connectivity index (χ4n) is 4.01. The van der Waals surface area contributed by atoms with Crippen LogP contribution in [0.25, 0.3) is 0 Å². The van der Waals surface area contributed by atoms with E-state index in [1.807, 2.05) is 0 Å². The summed E-state index contributed by atoms with van der Waals surface area (Å²) in [5.41, 5.74) is 2.57. The summed E-state index contributed by atoms with van der Waals surface area (Å²) >= 11 is 7.24. The van der Waals surface area contributed by atoms with E-state index in [4.69, 9.17) is 0 Å². The van der Waals surface area contributed by atoms with Crippen LogP contribution in [0.2, 0.25) is 0 Å². The molecule has 144 valence electrons. The van der Waals surface area contributed by atoms with E-state index < -0.39 is 8.07 Å². The van der Waals surface area contributed by atoms with Crippen molar-refractivity contribution in [2.45, 2.75) is 13.8 Å². The van der Waals surface area contributed by atoms with Gasteiger partial charge in [-0.1, -0.05) is 116 Å². The van der Waals surface area contributed by atoms with Gasteiger partial charge in [0.15, 0.2) is 8.07 Å². The van der Waals surface area contributed by atoms with Crippen LogP contribution in [0.3, 0.4) is 0 Å². The first-order valence-corrected chi connectivity index (χ1v) is 13.2. The minimum absolute atomic E-state index is 1.10. The van der Waals surface area contributed by atoms with E-state index in [9.17, 15) is 0 Å². The standard InChI is InChI=1S/C26H22Br2Si/c1-19-3-11-23(12-4-19)29(24-13-5-20(2)6-14-24,25-15-7-21(27)8-16-25)26-17-9-22(28)10-18-26/h3-18H,1-2H3. The van der Waals surface area contributed by atoms with Gasteiger partial charge in [0, 0.05) is 8.95 Å². The van der Waals surface area contributed by atoms with E-state index in [-0.39, 0.29) is 0 Å². The minimum atomic E-state index is -2.43. The van der Waals surface area contributed by atoms with Gasteiger partial charge in [0.05, 0.1) is 0 Å². The molecule has 29 heavy (non-hydrogen) atoms. The van der Waals surface area contributed by atoms with E-state index in [1.54, 1.807) is 0 Å². The molecule has 0 nitrogen and oxygen atoms in total. The molecule has 0 unspecified atom stereocenters. The maximum Gasteiger partial charge on any atom is 0.179 e. The van der Waals surface area contributed by atoms with Gasteiger partial charge in [-0.05, 0) is 58.9 Å². The molecule has 0 bridgehead atoms. The zero-order valence-electron chi connectivity index (χ0n) is 16.5. The summed E-state index contributed by atoms with van der Waals surface area (Å²) < 4.78 is 2.21. The van der Waals surface area contributed by atoms with E-state index in [2.05, 4.69) is 143 Å². The van der Waals surface area contributed by atoms with Crippen molar-refractivity contribution in [1.82, 2.24) is 0 Å². The summed E-state index contributed by atoms with van der Waals surface area (Å²) in [7, 11) is -2.43. The van der Waals surface area contributed by atoms with Gasteiger partial charge in [-0.2, -0.15) is 0 Å². The fourth-order valence-corrected chi connectivity index (χ4v) is 9.20. The first-order valence-electron chi connectivity index (χ1n) is 9.66. The van der Waals surface area contributed by atoms with Gasteiger partial charge in [0.2, 0.25) is 0 Å². The van der Waals surface area contributed by atoms with Crippen molar-refractivity contribution in [2.24, 2.45) is 0 Å². The van der Waals surface area contributed by atoms with E-state index in [0.717, 1.165) is 8.95 Å². The van der Waals surface area contributed by atoms with Crippen molar-refractivity contribution >= 4 is 60.7 Å². The van der Waals surface area contributed by atoms with Crippen molar-refractivity contribution in [3.63, 3.8) is 0 Å². The molecule has 3 heteroatoms. The SMILES string of the molecule is Cc1ccc([Si](c2ccc(C)cc2)(c2ccc(Br)cc2)c2ccc(Br)cc2)cc1. The molecule has 4 aromatic rings. The number of rotatable bonds is 4. The molecule has 0 spiro atoms. The Bertz CT molecular complexity index is 910. The van der Waals surface area contributed by atoms with Gasteiger partial charge < -0.3 is 0 Å². The van der Waals surface area contributed by atoms with Gasteiger partial charge in [-0.15, -0.1) is 0 Å². The fraction of sp³-hybridized carbons (Fsp3) is 0.0769. The molecule has 0 aromatic heterocycles. The zero-order valence-corrected chi connectivity index (χ0v) is 20.7. The van der Waals surface area contributed by atoms with Gasteiger partial charge in [-0.3, -0.25) is 0 Å². The summed E-state index contributed by atoms with van der Waals surface area (Å²) in [6.07, 6.45) is 0. The van der Waals surface area contributed by atoms with Crippen LogP contribution < -0.4 is 20.7 Å². The first-order chi connectivity index (χ1) is 14.0. The Kier molecular flexibility index (Phi) is 5.91. The predicted molar refractivity (Wildman–Crippen MR) is 135 cm³/mol. The molecule has 0 saturated carbocycles. The zero-order chi connectivity index (χ0) is 20.4. The van der Waals surface area contributed by atoms with Crippen LogP contribution in [-0.2, 0) is 0 Å². The van der Waals surface area contributed by atoms with Crippen molar-refractivity contribution < 1.29 is 0 Å². The smallest absolute Gasteiger partial charge is 0.0616 e. The molecule has 0 radical (unpaired) electrons. The number of benzene rings is 4. The third-order valence-electron chi connectivity index (χ3n) is 5.52. The first kappa shape index (κ1) is 20.3. The highest BCUT2D eigenvalue weighted by Crippen LogP contribution is 2.15. The lowest BCUT2D eigenvalue weighted by molar-refractivity contribution is 1.48. The van der Waals surface area contributed by atoms with Gasteiger partial charge >= 0.3 is 0 Å². The van der Waals surface area contributed by atoms with Crippen molar-refractivity contribution in [3.8, 4) is 0 Å². The minimum Gasteiger partial charge on any atom is -0.0616 e. The van der Waals surface area contributed by atoms with Crippen LogP contribution in [0, 0.1) is 13.8 Å². The van der Waals surface area contributed by atoms with Crippen LogP contribution in [-0.4, -0.2) is 8.07 Å². The maximum atomic E-state index is 3.62. The van der Waals surface area contributed by atoms with Gasteiger partial charge in [-0.25, -0.2) is 0 Å². The molecule has 0 aliphatic carbocycles. The normalized spacial score (nSPS) is 11.4. The average Bonchev–Trinajstić information content (AvgIpc) is 2.73. The molecular weight excluding hydrogens is 500 g/mol. The number of hydrogen-bond donors (Lipinski definition) is 0. The Morgan fingerprint density at radius 2 is 0.655 bits per heavy atom. The molecule has 0 saturated heterocycles. The van der Waals surface area contributed by atoms with Crippen LogP contribution >= 0.6 is 31.9 Å². The molecule has 0 N–H and O–H groups in total. The van der Waals surface area contributed by atoms with Gasteiger partial charge in [0.25, 0.3) is 0 Å². The summed E-state index contributed by atoms with van der Waals surface area (Å²) in [4.78, 5) is 0.